The van der Waals surface area contributed by atoms with Gasteiger partial charge in [0.15, 0.2) is 29.8 Å². The molecule has 1 fully saturated rings. The number of ether oxygens (including phenoxy) is 1. The number of aryl methyl sites for hydroxylation is 1. The lowest BCUT2D eigenvalue weighted by Gasteiger charge is -2.35. The molecule has 1 saturated heterocycles. The van der Waals surface area contributed by atoms with Crippen molar-refractivity contribution in [3.63, 3.8) is 0 Å². The third-order valence-electron chi connectivity index (χ3n) is 4.74. The van der Waals surface area contributed by atoms with Crippen molar-refractivity contribution in [2.75, 3.05) is 37.7 Å². The van der Waals surface area contributed by atoms with Crippen LogP contribution in [0.3, 0.4) is 0 Å². The fourth-order valence-electron chi connectivity index (χ4n) is 3.13. The lowest BCUT2D eigenvalue weighted by molar-refractivity contribution is -0.133. The second-order valence-electron chi connectivity index (χ2n) is 6.74. The SMILES string of the molecule is Cc1ccn(-c2ccc(N3CCN(C(=O)COc4ccccc4F)CC3)nn2)n1. The molecule has 0 radical (unpaired) electrons. The van der Waals surface area contributed by atoms with E-state index in [0.29, 0.717) is 32.0 Å². The Labute approximate surface area is 167 Å². The van der Waals surface area contributed by atoms with Gasteiger partial charge in [-0.25, -0.2) is 9.07 Å². The molecular formula is C20H21FN6O2. The summed E-state index contributed by atoms with van der Waals surface area (Å²) in [6, 6.07) is 11.7. The summed E-state index contributed by atoms with van der Waals surface area (Å²) in [6.45, 7) is 4.10. The molecule has 0 unspecified atom stereocenters. The average molecular weight is 396 g/mol. The van der Waals surface area contributed by atoms with E-state index in [1.165, 1.54) is 12.1 Å². The van der Waals surface area contributed by atoms with Crippen LogP contribution in [-0.2, 0) is 4.79 Å². The number of rotatable bonds is 5. The van der Waals surface area contributed by atoms with Gasteiger partial charge in [-0.1, -0.05) is 12.1 Å². The molecule has 9 heteroatoms. The minimum atomic E-state index is -0.475. The highest BCUT2D eigenvalue weighted by molar-refractivity contribution is 5.78. The second kappa shape index (κ2) is 8.26. The van der Waals surface area contributed by atoms with Crippen LogP contribution in [0.4, 0.5) is 10.2 Å². The Morgan fingerprint density at radius 2 is 1.76 bits per heavy atom. The zero-order valence-corrected chi connectivity index (χ0v) is 16.0. The van der Waals surface area contributed by atoms with Crippen molar-refractivity contribution in [1.82, 2.24) is 24.9 Å². The summed E-state index contributed by atoms with van der Waals surface area (Å²) < 4.78 is 20.6. The van der Waals surface area contributed by atoms with E-state index in [0.717, 1.165) is 11.5 Å². The van der Waals surface area contributed by atoms with Crippen LogP contribution >= 0.6 is 0 Å². The fraction of sp³-hybridized carbons (Fsp3) is 0.300. The lowest BCUT2D eigenvalue weighted by Crippen LogP contribution is -2.50. The van der Waals surface area contributed by atoms with E-state index in [1.54, 1.807) is 21.7 Å². The van der Waals surface area contributed by atoms with Crippen molar-refractivity contribution in [3.05, 3.63) is 60.2 Å². The highest BCUT2D eigenvalue weighted by atomic mass is 19.1. The van der Waals surface area contributed by atoms with Crippen molar-refractivity contribution in [3.8, 4) is 11.6 Å². The molecule has 150 valence electrons. The van der Waals surface area contributed by atoms with E-state index < -0.39 is 5.82 Å². The van der Waals surface area contributed by atoms with Crippen LogP contribution in [0.25, 0.3) is 5.82 Å². The van der Waals surface area contributed by atoms with Crippen LogP contribution < -0.4 is 9.64 Å². The van der Waals surface area contributed by atoms with Gasteiger partial charge in [-0.3, -0.25) is 4.79 Å². The summed E-state index contributed by atoms with van der Waals surface area (Å²) in [7, 11) is 0. The molecule has 29 heavy (non-hydrogen) atoms. The van der Waals surface area contributed by atoms with Gasteiger partial charge in [-0.2, -0.15) is 5.10 Å². The predicted molar refractivity (Wildman–Crippen MR) is 105 cm³/mol. The van der Waals surface area contributed by atoms with Gasteiger partial charge >= 0.3 is 0 Å². The minimum absolute atomic E-state index is 0.0854. The largest absolute Gasteiger partial charge is 0.481 e. The van der Waals surface area contributed by atoms with Gasteiger partial charge in [0.1, 0.15) is 0 Å². The summed E-state index contributed by atoms with van der Waals surface area (Å²) in [5, 5.41) is 12.8. The normalized spacial score (nSPS) is 14.1. The number of carbonyl (C=O) groups is 1. The molecule has 1 aliphatic rings. The van der Waals surface area contributed by atoms with Gasteiger partial charge in [-0.15, -0.1) is 10.2 Å². The third-order valence-corrected chi connectivity index (χ3v) is 4.74. The minimum Gasteiger partial charge on any atom is -0.481 e. The molecule has 1 aromatic carbocycles. The van der Waals surface area contributed by atoms with Crippen molar-refractivity contribution >= 4 is 11.7 Å². The van der Waals surface area contributed by atoms with E-state index >= 15 is 0 Å². The molecule has 4 rings (SSSR count). The van der Waals surface area contributed by atoms with Gasteiger partial charge in [0.25, 0.3) is 5.91 Å². The Balaban J connectivity index is 1.30. The Morgan fingerprint density at radius 3 is 2.41 bits per heavy atom. The van der Waals surface area contributed by atoms with Gasteiger partial charge in [-0.05, 0) is 37.3 Å². The number of para-hydroxylation sites is 1. The maximum atomic E-state index is 13.6. The highest BCUT2D eigenvalue weighted by Crippen LogP contribution is 2.17. The van der Waals surface area contributed by atoms with Crippen LogP contribution in [-0.4, -0.2) is 63.6 Å². The number of carbonyl (C=O) groups excluding carboxylic acids is 1. The molecule has 0 bridgehead atoms. The van der Waals surface area contributed by atoms with E-state index in [1.807, 2.05) is 31.3 Å². The van der Waals surface area contributed by atoms with Crippen molar-refractivity contribution in [1.29, 1.82) is 0 Å². The van der Waals surface area contributed by atoms with Crippen molar-refractivity contribution in [2.45, 2.75) is 6.92 Å². The van der Waals surface area contributed by atoms with Crippen molar-refractivity contribution in [2.24, 2.45) is 0 Å². The maximum Gasteiger partial charge on any atom is 0.260 e. The zero-order chi connectivity index (χ0) is 20.2. The number of hydrogen-bond donors (Lipinski definition) is 0. The first-order chi connectivity index (χ1) is 14.1. The number of nitrogens with zero attached hydrogens (tertiary/aromatic N) is 6. The van der Waals surface area contributed by atoms with Crippen LogP contribution in [0.15, 0.2) is 48.7 Å². The zero-order valence-electron chi connectivity index (χ0n) is 16.0. The number of amides is 1. The van der Waals surface area contributed by atoms with Gasteiger partial charge in [0, 0.05) is 32.4 Å². The number of piperazine rings is 1. The number of aromatic nitrogens is 4. The smallest absolute Gasteiger partial charge is 0.260 e. The van der Waals surface area contributed by atoms with Gasteiger partial charge < -0.3 is 14.5 Å². The van der Waals surface area contributed by atoms with Crippen molar-refractivity contribution < 1.29 is 13.9 Å². The lowest BCUT2D eigenvalue weighted by atomic mass is 10.3. The fourth-order valence-corrected chi connectivity index (χ4v) is 3.13. The first-order valence-corrected chi connectivity index (χ1v) is 9.36. The van der Waals surface area contributed by atoms with E-state index in [4.69, 9.17) is 4.74 Å². The van der Waals surface area contributed by atoms with Crippen LogP contribution in [0, 0.1) is 12.7 Å². The molecule has 3 aromatic rings. The molecule has 3 heterocycles. The topological polar surface area (TPSA) is 76.4 Å². The molecule has 1 aliphatic heterocycles. The quantitative estimate of drug-likeness (QED) is 0.655. The Kier molecular flexibility index (Phi) is 5.37. The maximum absolute atomic E-state index is 13.6. The third kappa shape index (κ3) is 4.34. The highest BCUT2D eigenvalue weighted by Gasteiger charge is 2.22. The second-order valence-corrected chi connectivity index (χ2v) is 6.74. The van der Waals surface area contributed by atoms with E-state index in [2.05, 4.69) is 20.2 Å². The molecule has 1 amide bonds. The first-order valence-electron chi connectivity index (χ1n) is 9.36. The van der Waals surface area contributed by atoms with Gasteiger partial charge in [0.05, 0.1) is 5.69 Å². The monoisotopic (exact) mass is 396 g/mol. The molecule has 0 spiro atoms. The average Bonchev–Trinajstić information content (AvgIpc) is 3.19. The number of hydrogen-bond acceptors (Lipinski definition) is 6. The molecule has 0 N–H and O–H groups in total. The van der Waals surface area contributed by atoms with E-state index in [-0.39, 0.29) is 18.3 Å². The Bertz CT molecular complexity index is 983. The Morgan fingerprint density at radius 1 is 1.03 bits per heavy atom. The molecule has 8 nitrogen and oxygen atoms in total. The molecule has 0 saturated carbocycles. The summed E-state index contributed by atoms with van der Waals surface area (Å²) in [5.74, 6) is 0.858. The standard InChI is InChI=1S/C20H21FN6O2/c1-15-8-9-27(24-15)19-7-6-18(22-23-19)25-10-12-26(13-11-25)20(28)14-29-17-5-3-2-4-16(17)21/h2-9H,10-14H2,1H3. The first kappa shape index (κ1) is 18.9. The molecule has 2 aromatic heterocycles. The van der Waals surface area contributed by atoms with Crippen LogP contribution in [0.2, 0.25) is 0 Å². The van der Waals surface area contributed by atoms with E-state index in [9.17, 15) is 9.18 Å². The summed E-state index contributed by atoms with van der Waals surface area (Å²) in [4.78, 5) is 16.1. The Hall–Kier alpha value is -3.49. The summed E-state index contributed by atoms with van der Waals surface area (Å²) in [5.41, 5.74) is 0.913. The number of benzene rings is 1. The molecule has 0 atom stereocenters. The number of halogens is 1. The predicted octanol–water partition coefficient (Wildman–Crippen LogP) is 1.84. The summed E-state index contributed by atoms with van der Waals surface area (Å²) >= 11 is 0. The van der Waals surface area contributed by atoms with Gasteiger partial charge in [0.2, 0.25) is 0 Å². The molecule has 0 aliphatic carbocycles. The number of anilines is 1. The summed E-state index contributed by atoms with van der Waals surface area (Å²) in [6.07, 6.45) is 1.84. The van der Waals surface area contributed by atoms with Crippen LogP contribution in [0.5, 0.6) is 5.75 Å². The van der Waals surface area contributed by atoms with Crippen LogP contribution in [0.1, 0.15) is 5.69 Å². The molecular weight excluding hydrogens is 375 g/mol.